The van der Waals surface area contributed by atoms with Crippen LogP contribution in [0.25, 0.3) is 0 Å². The molecule has 0 aromatic rings. The average molecular weight is 861 g/mol. The molecule has 5 nitrogen and oxygen atoms in total. The number of allylic oxidation sites excluding steroid dienone is 16. The summed E-state index contributed by atoms with van der Waals surface area (Å²) in [6.45, 7) is 7.53. The molecule has 354 valence electrons. The predicted octanol–water partition coefficient (Wildman–Crippen LogP) is 17.5. The van der Waals surface area contributed by atoms with E-state index in [4.69, 9.17) is 14.2 Å². The fourth-order valence-electron chi connectivity index (χ4n) is 6.84. The van der Waals surface area contributed by atoms with Crippen LogP contribution in [0, 0.1) is 0 Å². The minimum atomic E-state index is -0.561. The van der Waals surface area contributed by atoms with Gasteiger partial charge >= 0.3 is 11.9 Å². The molecule has 1 atom stereocenters. The molecule has 0 aromatic heterocycles. The minimum Gasteiger partial charge on any atom is -0.462 e. The molecule has 0 N–H and O–H groups in total. The third-order valence-corrected chi connectivity index (χ3v) is 10.6. The Labute approximate surface area is 383 Å². The van der Waals surface area contributed by atoms with Crippen LogP contribution in [-0.4, -0.2) is 37.9 Å². The molecule has 1 unspecified atom stereocenters. The summed E-state index contributed by atoms with van der Waals surface area (Å²) in [6.07, 6.45) is 69.9. The molecule has 0 rings (SSSR count). The van der Waals surface area contributed by atoms with Gasteiger partial charge < -0.3 is 14.2 Å². The van der Waals surface area contributed by atoms with Crippen LogP contribution in [0.5, 0.6) is 0 Å². The summed E-state index contributed by atoms with van der Waals surface area (Å²) in [4.78, 5) is 25.3. The number of ether oxygens (including phenoxy) is 3. The van der Waals surface area contributed by atoms with Crippen molar-refractivity contribution in [3.63, 3.8) is 0 Å². The van der Waals surface area contributed by atoms with Crippen LogP contribution in [-0.2, 0) is 23.8 Å². The predicted molar refractivity (Wildman–Crippen MR) is 270 cm³/mol. The Hall–Kier alpha value is -3.18. The van der Waals surface area contributed by atoms with E-state index >= 15 is 0 Å². The van der Waals surface area contributed by atoms with E-state index in [0.29, 0.717) is 19.4 Å². The van der Waals surface area contributed by atoms with Crippen LogP contribution in [0.15, 0.2) is 97.2 Å². The Morgan fingerprint density at radius 3 is 1.19 bits per heavy atom. The Bertz CT molecular complexity index is 1200. The second-order valence-electron chi connectivity index (χ2n) is 16.7. The lowest BCUT2D eigenvalue weighted by Gasteiger charge is -2.18. The van der Waals surface area contributed by atoms with Crippen LogP contribution in [0.2, 0.25) is 0 Å². The van der Waals surface area contributed by atoms with Gasteiger partial charge in [0.05, 0.1) is 6.61 Å². The van der Waals surface area contributed by atoms with Gasteiger partial charge in [-0.15, -0.1) is 0 Å². The van der Waals surface area contributed by atoms with E-state index < -0.39 is 6.10 Å². The molecular weight excluding hydrogens is 765 g/mol. The van der Waals surface area contributed by atoms with Gasteiger partial charge in [0.1, 0.15) is 6.61 Å². The molecule has 0 bridgehead atoms. The van der Waals surface area contributed by atoms with Gasteiger partial charge in [-0.05, 0) is 96.3 Å². The summed E-state index contributed by atoms with van der Waals surface area (Å²) < 4.78 is 17.4. The van der Waals surface area contributed by atoms with Crippen molar-refractivity contribution in [2.75, 3.05) is 19.8 Å². The zero-order valence-electron chi connectivity index (χ0n) is 40.6. The van der Waals surface area contributed by atoms with Crippen LogP contribution >= 0.6 is 0 Å². The molecule has 5 heteroatoms. The van der Waals surface area contributed by atoms with Crippen molar-refractivity contribution in [1.82, 2.24) is 0 Å². The number of esters is 2. The molecule has 0 saturated carbocycles. The van der Waals surface area contributed by atoms with E-state index in [0.717, 1.165) is 96.3 Å². The summed E-state index contributed by atoms with van der Waals surface area (Å²) in [5, 5.41) is 0. The zero-order valence-corrected chi connectivity index (χ0v) is 40.6. The van der Waals surface area contributed by atoms with Gasteiger partial charge in [0, 0.05) is 19.4 Å². The Morgan fingerprint density at radius 1 is 0.371 bits per heavy atom. The molecule has 0 spiro atoms. The second kappa shape index (κ2) is 52.2. The smallest absolute Gasteiger partial charge is 0.306 e. The number of hydrogen-bond acceptors (Lipinski definition) is 5. The van der Waals surface area contributed by atoms with Gasteiger partial charge in [0.2, 0.25) is 0 Å². The monoisotopic (exact) mass is 861 g/mol. The lowest BCUT2D eigenvalue weighted by molar-refractivity contribution is -0.163. The third kappa shape index (κ3) is 49.5. The first kappa shape index (κ1) is 58.8. The van der Waals surface area contributed by atoms with Gasteiger partial charge in [-0.25, -0.2) is 0 Å². The van der Waals surface area contributed by atoms with Gasteiger partial charge in [0.25, 0.3) is 0 Å². The van der Waals surface area contributed by atoms with Crippen molar-refractivity contribution in [2.24, 2.45) is 0 Å². The first-order chi connectivity index (χ1) is 30.6. The summed E-state index contributed by atoms with van der Waals surface area (Å²) in [5.41, 5.74) is 0. The number of hydrogen-bond donors (Lipinski definition) is 0. The number of carbonyl (C=O) groups excluding carboxylic acids is 2. The van der Waals surface area contributed by atoms with Crippen molar-refractivity contribution in [2.45, 2.75) is 232 Å². The van der Waals surface area contributed by atoms with Crippen LogP contribution in [0.1, 0.15) is 226 Å². The van der Waals surface area contributed by atoms with Crippen molar-refractivity contribution < 1.29 is 23.8 Å². The van der Waals surface area contributed by atoms with Gasteiger partial charge in [-0.2, -0.15) is 0 Å². The van der Waals surface area contributed by atoms with Crippen molar-refractivity contribution in [3.05, 3.63) is 97.2 Å². The van der Waals surface area contributed by atoms with Gasteiger partial charge in [-0.1, -0.05) is 214 Å². The number of rotatable bonds is 46. The van der Waals surface area contributed by atoms with Crippen molar-refractivity contribution in [1.29, 1.82) is 0 Å². The number of unbranched alkanes of at least 4 members (excludes halogenated alkanes) is 19. The molecule has 0 aromatic carbocycles. The summed E-state index contributed by atoms with van der Waals surface area (Å²) in [6, 6.07) is 0. The van der Waals surface area contributed by atoms with E-state index in [1.165, 1.54) is 96.3 Å². The fraction of sp³-hybridized carbons (Fsp3) is 0.684. The normalized spacial score (nSPS) is 13.0. The minimum absolute atomic E-state index is 0.0562. The van der Waals surface area contributed by atoms with E-state index in [-0.39, 0.29) is 25.2 Å². The van der Waals surface area contributed by atoms with Crippen LogP contribution in [0.3, 0.4) is 0 Å². The lowest BCUT2D eigenvalue weighted by Crippen LogP contribution is -2.30. The summed E-state index contributed by atoms with van der Waals surface area (Å²) >= 11 is 0. The lowest BCUT2D eigenvalue weighted by atomic mass is 10.1. The van der Waals surface area contributed by atoms with E-state index in [9.17, 15) is 9.59 Å². The van der Waals surface area contributed by atoms with E-state index in [2.05, 4.69) is 118 Å². The highest BCUT2D eigenvalue weighted by atomic mass is 16.6. The van der Waals surface area contributed by atoms with Crippen LogP contribution < -0.4 is 0 Å². The first-order valence-corrected chi connectivity index (χ1v) is 25.8. The maximum Gasteiger partial charge on any atom is 0.306 e. The van der Waals surface area contributed by atoms with E-state index in [1.807, 2.05) is 0 Å². The maximum atomic E-state index is 12.8. The largest absolute Gasteiger partial charge is 0.462 e. The van der Waals surface area contributed by atoms with E-state index in [1.54, 1.807) is 0 Å². The van der Waals surface area contributed by atoms with Crippen molar-refractivity contribution in [3.8, 4) is 0 Å². The Morgan fingerprint density at radius 2 is 0.726 bits per heavy atom. The van der Waals surface area contributed by atoms with Gasteiger partial charge in [-0.3, -0.25) is 9.59 Å². The fourth-order valence-corrected chi connectivity index (χ4v) is 6.84. The highest BCUT2D eigenvalue weighted by molar-refractivity contribution is 5.70. The Kier molecular flexibility index (Phi) is 49.5. The molecule has 0 aliphatic carbocycles. The highest BCUT2D eigenvalue weighted by Gasteiger charge is 2.17. The molecule has 0 aliphatic heterocycles. The SMILES string of the molecule is CC/C=C\C/C=C\C/C=C\C/C=C\CCCCCCCCCOCC(COC(=O)CCCC/C=C\C/C=C\C/C=C\C/C=C\CC)OC(=O)CCCCCCCCCCCCC. The molecule has 0 amide bonds. The highest BCUT2D eigenvalue weighted by Crippen LogP contribution is 2.14. The zero-order chi connectivity index (χ0) is 44.9. The Balaban J connectivity index is 4.31. The van der Waals surface area contributed by atoms with Crippen molar-refractivity contribution >= 4 is 11.9 Å². The second-order valence-corrected chi connectivity index (χ2v) is 16.7. The summed E-state index contributed by atoms with van der Waals surface area (Å²) in [7, 11) is 0. The molecule has 62 heavy (non-hydrogen) atoms. The molecular formula is C57H96O5. The molecule has 0 aliphatic rings. The van der Waals surface area contributed by atoms with Gasteiger partial charge in [0.15, 0.2) is 6.10 Å². The maximum absolute atomic E-state index is 12.8. The molecule has 0 saturated heterocycles. The topological polar surface area (TPSA) is 61.8 Å². The quantitative estimate of drug-likeness (QED) is 0.0347. The first-order valence-electron chi connectivity index (χ1n) is 25.8. The summed E-state index contributed by atoms with van der Waals surface area (Å²) in [5.74, 6) is -0.453. The molecule has 0 heterocycles. The number of carbonyl (C=O) groups is 2. The average Bonchev–Trinajstić information content (AvgIpc) is 3.27. The van der Waals surface area contributed by atoms with Crippen LogP contribution in [0.4, 0.5) is 0 Å². The molecule has 0 radical (unpaired) electrons. The standard InChI is InChI=1S/C57H96O5/c1-4-7-10-13-16-19-22-24-26-27-28-29-30-32-34-37-40-43-46-49-52-60-53-55(62-57(59)51-48-45-42-39-35-21-18-15-12-9-6-3)54-61-56(58)50-47-44-41-38-36-33-31-25-23-20-17-14-11-8-5-2/h7-8,10-11,16-17,19-20,24-26,28-29,31,36,38,55H,4-6,9,12-15,18,21-23,27,30,32-35,37,39-54H2,1-3H3/b10-7-,11-8-,19-16-,20-17-,26-24-,29-28-,31-25-,38-36-. The molecule has 0 fully saturated rings. The third-order valence-electron chi connectivity index (χ3n) is 10.6.